The van der Waals surface area contributed by atoms with Gasteiger partial charge < -0.3 is 10.2 Å². The normalized spacial score (nSPS) is 18.1. The third-order valence-electron chi connectivity index (χ3n) is 4.45. The van der Waals surface area contributed by atoms with Crippen molar-refractivity contribution in [3.05, 3.63) is 30.3 Å². The fourth-order valence-corrected chi connectivity index (χ4v) is 4.62. The first-order chi connectivity index (χ1) is 13.0. The molecule has 1 heterocycles. The second-order valence-electron chi connectivity index (χ2n) is 6.61. The van der Waals surface area contributed by atoms with Crippen LogP contribution in [0.2, 0.25) is 0 Å². The predicted molar refractivity (Wildman–Crippen MR) is 115 cm³/mol. The molecule has 1 atom stereocenters. The molecule has 152 valence electrons. The maximum Gasteiger partial charge on any atom is 0.211 e. The first-order valence-corrected chi connectivity index (χ1v) is 12.4. The molecule has 0 spiro atoms. The van der Waals surface area contributed by atoms with Gasteiger partial charge in [-0.3, -0.25) is 4.99 Å². The highest BCUT2D eigenvalue weighted by molar-refractivity contribution is 7.99. The first kappa shape index (κ1) is 22.0. The van der Waals surface area contributed by atoms with Gasteiger partial charge in [0.25, 0.3) is 0 Å². The summed E-state index contributed by atoms with van der Waals surface area (Å²) in [5.74, 6) is 2.85. The Morgan fingerprint density at radius 3 is 2.78 bits per heavy atom. The standard InChI is InChI=1S/C19H32N4O2S2/c1-3-20-19(21-12-8-13-22-27(24,25)4-2)23-14-11-17(15-23)16-26-18-9-6-5-7-10-18/h5-7,9-10,17,22H,3-4,8,11-16H2,1-2H3,(H,20,21). The molecule has 1 unspecified atom stereocenters. The van der Waals surface area contributed by atoms with E-state index < -0.39 is 10.0 Å². The van der Waals surface area contributed by atoms with E-state index in [9.17, 15) is 8.42 Å². The zero-order chi connectivity index (χ0) is 19.5. The summed E-state index contributed by atoms with van der Waals surface area (Å²) in [4.78, 5) is 8.34. The predicted octanol–water partition coefficient (Wildman–Crippen LogP) is 2.40. The van der Waals surface area contributed by atoms with Crippen molar-refractivity contribution >= 4 is 27.7 Å². The van der Waals surface area contributed by atoms with Gasteiger partial charge in [-0.05, 0) is 44.7 Å². The molecular weight excluding hydrogens is 380 g/mol. The van der Waals surface area contributed by atoms with Crippen molar-refractivity contribution in [3.8, 4) is 0 Å². The summed E-state index contributed by atoms with van der Waals surface area (Å²) in [5, 5.41) is 3.37. The van der Waals surface area contributed by atoms with Crippen LogP contribution in [0, 0.1) is 5.92 Å². The summed E-state index contributed by atoms with van der Waals surface area (Å²) in [7, 11) is -3.11. The highest BCUT2D eigenvalue weighted by Crippen LogP contribution is 2.25. The van der Waals surface area contributed by atoms with E-state index in [2.05, 4.69) is 51.1 Å². The third kappa shape index (κ3) is 8.11. The van der Waals surface area contributed by atoms with Gasteiger partial charge in [0.1, 0.15) is 0 Å². The Balaban J connectivity index is 1.76. The lowest BCUT2D eigenvalue weighted by Crippen LogP contribution is -2.40. The van der Waals surface area contributed by atoms with Crippen molar-refractivity contribution in [1.29, 1.82) is 0 Å². The Morgan fingerprint density at radius 2 is 2.07 bits per heavy atom. The van der Waals surface area contributed by atoms with Crippen molar-refractivity contribution in [2.45, 2.75) is 31.6 Å². The molecule has 2 rings (SSSR count). The van der Waals surface area contributed by atoms with Gasteiger partial charge in [-0.25, -0.2) is 13.1 Å². The average molecular weight is 413 g/mol. The molecule has 0 amide bonds. The largest absolute Gasteiger partial charge is 0.357 e. The zero-order valence-electron chi connectivity index (χ0n) is 16.4. The van der Waals surface area contributed by atoms with E-state index in [1.54, 1.807) is 6.92 Å². The van der Waals surface area contributed by atoms with Crippen LogP contribution >= 0.6 is 11.8 Å². The highest BCUT2D eigenvalue weighted by Gasteiger charge is 2.24. The van der Waals surface area contributed by atoms with Crippen molar-refractivity contribution in [2.75, 3.05) is 44.2 Å². The molecule has 8 heteroatoms. The molecular formula is C19H32N4O2S2. The molecule has 1 aromatic carbocycles. The summed E-state index contributed by atoms with van der Waals surface area (Å²) in [6, 6.07) is 10.5. The second-order valence-corrected chi connectivity index (χ2v) is 9.80. The quantitative estimate of drug-likeness (QED) is 0.267. The van der Waals surface area contributed by atoms with Crippen LogP contribution in [-0.2, 0) is 10.0 Å². The third-order valence-corrected chi connectivity index (χ3v) is 7.10. The lowest BCUT2D eigenvalue weighted by Gasteiger charge is -2.21. The van der Waals surface area contributed by atoms with E-state index in [0.717, 1.165) is 31.3 Å². The molecule has 1 aliphatic heterocycles. The number of hydrogen-bond acceptors (Lipinski definition) is 4. The number of sulfonamides is 1. The molecule has 0 saturated carbocycles. The summed E-state index contributed by atoms with van der Waals surface area (Å²) in [6.07, 6.45) is 1.88. The van der Waals surface area contributed by atoms with Gasteiger partial charge in [-0.2, -0.15) is 0 Å². The summed E-state index contributed by atoms with van der Waals surface area (Å²) >= 11 is 1.92. The fourth-order valence-electron chi connectivity index (χ4n) is 2.91. The molecule has 0 bridgehead atoms. The number of guanidine groups is 1. The van der Waals surface area contributed by atoms with Crippen LogP contribution in [0.5, 0.6) is 0 Å². The van der Waals surface area contributed by atoms with E-state index in [1.165, 1.54) is 11.3 Å². The van der Waals surface area contributed by atoms with Gasteiger partial charge in [-0.1, -0.05) is 18.2 Å². The maximum absolute atomic E-state index is 11.4. The Morgan fingerprint density at radius 1 is 1.30 bits per heavy atom. The fraction of sp³-hybridized carbons (Fsp3) is 0.632. The Kier molecular flexibility index (Phi) is 9.44. The number of likely N-dealkylation sites (tertiary alicyclic amines) is 1. The highest BCUT2D eigenvalue weighted by atomic mass is 32.2. The molecule has 0 aromatic heterocycles. The lowest BCUT2D eigenvalue weighted by molar-refractivity contribution is 0.474. The van der Waals surface area contributed by atoms with E-state index >= 15 is 0 Å². The minimum absolute atomic E-state index is 0.120. The van der Waals surface area contributed by atoms with Gasteiger partial charge in [0.15, 0.2) is 5.96 Å². The Hall–Kier alpha value is -1.25. The van der Waals surface area contributed by atoms with E-state index in [-0.39, 0.29) is 5.75 Å². The lowest BCUT2D eigenvalue weighted by atomic mass is 10.2. The summed E-state index contributed by atoms with van der Waals surface area (Å²) in [5.41, 5.74) is 0. The minimum atomic E-state index is -3.11. The van der Waals surface area contributed by atoms with Crippen LogP contribution in [-0.4, -0.2) is 63.5 Å². The molecule has 0 aliphatic carbocycles. The molecule has 1 fully saturated rings. The monoisotopic (exact) mass is 412 g/mol. The van der Waals surface area contributed by atoms with Crippen LogP contribution in [0.1, 0.15) is 26.7 Å². The number of benzene rings is 1. The molecule has 0 radical (unpaired) electrons. The summed E-state index contributed by atoms with van der Waals surface area (Å²) < 4.78 is 25.5. The number of nitrogens with zero attached hydrogens (tertiary/aromatic N) is 2. The minimum Gasteiger partial charge on any atom is -0.357 e. The zero-order valence-corrected chi connectivity index (χ0v) is 18.0. The maximum atomic E-state index is 11.4. The molecule has 6 nitrogen and oxygen atoms in total. The van der Waals surface area contributed by atoms with Gasteiger partial charge in [0, 0.05) is 43.4 Å². The second kappa shape index (κ2) is 11.6. The van der Waals surface area contributed by atoms with Crippen molar-refractivity contribution in [3.63, 3.8) is 0 Å². The van der Waals surface area contributed by atoms with Crippen molar-refractivity contribution < 1.29 is 8.42 Å². The molecule has 27 heavy (non-hydrogen) atoms. The van der Waals surface area contributed by atoms with Crippen molar-refractivity contribution in [2.24, 2.45) is 10.9 Å². The van der Waals surface area contributed by atoms with Crippen LogP contribution in [0.25, 0.3) is 0 Å². The smallest absolute Gasteiger partial charge is 0.211 e. The van der Waals surface area contributed by atoms with Crippen LogP contribution < -0.4 is 10.0 Å². The number of rotatable bonds is 10. The van der Waals surface area contributed by atoms with Gasteiger partial charge in [0.2, 0.25) is 10.0 Å². The van der Waals surface area contributed by atoms with E-state index in [1.807, 2.05) is 17.8 Å². The first-order valence-electron chi connectivity index (χ1n) is 9.72. The van der Waals surface area contributed by atoms with Gasteiger partial charge in [0.05, 0.1) is 5.75 Å². The molecule has 1 aromatic rings. The van der Waals surface area contributed by atoms with E-state index in [0.29, 0.717) is 25.4 Å². The molecule has 2 N–H and O–H groups in total. The summed E-state index contributed by atoms with van der Waals surface area (Å²) in [6.45, 7) is 7.65. The van der Waals surface area contributed by atoms with E-state index in [4.69, 9.17) is 0 Å². The van der Waals surface area contributed by atoms with Crippen molar-refractivity contribution in [1.82, 2.24) is 14.9 Å². The van der Waals surface area contributed by atoms with Gasteiger partial charge in [-0.15, -0.1) is 11.8 Å². The molecule has 1 saturated heterocycles. The topological polar surface area (TPSA) is 73.8 Å². The van der Waals surface area contributed by atoms with Crippen LogP contribution in [0.4, 0.5) is 0 Å². The molecule has 1 aliphatic rings. The van der Waals surface area contributed by atoms with Crippen LogP contribution in [0.15, 0.2) is 40.2 Å². The Labute approximate surface area is 168 Å². The van der Waals surface area contributed by atoms with Gasteiger partial charge >= 0.3 is 0 Å². The number of aliphatic imine (C=N–C) groups is 1. The number of hydrogen-bond donors (Lipinski definition) is 2. The number of thioether (sulfide) groups is 1. The van der Waals surface area contributed by atoms with Crippen LogP contribution in [0.3, 0.4) is 0 Å². The SMILES string of the molecule is CCNC(=NCCCNS(=O)(=O)CC)N1CCC(CSc2ccccc2)C1. The Bertz CT molecular complexity index is 680. The number of nitrogens with one attached hydrogen (secondary N) is 2. The average Bonchev–Trinajstić information content (AvgIpc) is 3.15.